The average Bonchev–Trinajstić information content (AvgIpc) is 3.25. The fourth-order valence-electron chi connectivity index (χ4n) is 3.54. The summed E-state index contributed by atoms with van der Waals surface area (Å²) < 4.78 is 7.72. The van der Waals surface area contributed by atoms with Gasteiger partial charge in [0.25, 0.3) is 5.91 Å². The Kier molecular flexibility index (Phi) is 3.95. The normalized spacial score (nSPS) is 19.8. The molecule has 0 bridgehead atoms. The highest BCUT2D eigenvalue weighted by molar-refractivity contribution is 6.03. The van der Waals surface area contributed by atoms with E-state index < -0.39 is 5.91 Å². The summed E-state index contributed by atoms with van der Waals surface area (Å²) in [6, 6.07) is 3.45. The van der Waals surface area contributed by atoms with Crippen molar-refractivity contribution in [3.8, 4) is 5.88 Å². The van der Waals surface area contributed by atoms with E-state index in [0.29, 0.717) is 35.6 Å². The fourth-order valence-corrected chi connectivity index (χ4v) is 3.54. The molecule has 1 unspecified atom stereocenters. The SMILES string of the molecule is CC[C@@H]1CC(=O)NC1COc1nccc2cc(C(N)=O)c3nccn3c12. The lowest BCUT2D eigenvalue weighted by atomic mass is 9.98. The second-order valence-corrected chi connectivity index (χ2v) is 6.45. The number of carbonyl (C=O) groups is 2. The van der Waals surface area contributed by atoms with E-state index in [1.54, 1.807) is 35.1 Å². The highest BCUT2D eigenvalue weighted by atomic mass is 16.5. The molecule has 3 N–H and O–H groups in total. The summed E-state index contributed by atoms with van der Waals surface area (Å²) in [5, 5.41) is 3.73. The van der Waals surface area contributed by atoms with Crippen LogP contribution in [0.3, 0.4) is 0 Å². The molecular formula is C18H19N5O3. The van der Waals surface area contributed by atoms with Gasteiger partial charge in [0.15, 0.2) is 0 Å². The first-order chi connectivity index (χ1) is 12.6. The maximum absolute atomic E-state index is 11.7. The zero-order valence-corrected chi connectivity index (χ0v) is 14.3. The third kappa shape index (κ3) is 2.63. The number of nitrogens with zero attached hydrogens (tertiary/aromatic N) is 3. The molecule has 8 heteroatoms. The molecule has 2 atom stereocenters. The number of nitrogens with two attached hydrogens (primary N) is 1. The molecule has 1 saturated heterocycles. The quantitative estimate of drug-likeness (QED) is 0.717. The first-order valence-corrected chi connectivity index (χ1v) is 8.55. The molecule has 0 spiro atoms. The van der Waals surface area contributed by atoms with E-state index in [4.69, 9.17) is 10.5 Å². The van der Waals surface area contributed by atoms with E-state index in [9.17, 15) is 9.59 Å². The summed E-state index contributed by atoms with van der Waals surface area (Å²) in [7, 11) is 0. The zero-order chi connectivity index (χ0) is 18.3. The Morgan fingerprint density at radius 2 is 2.27 bits per heavy atom. The van der Waals surface area contributed by atoms with Gasteiger partial charge in [-0.25, -0.2) is 9.97 Å². The van der Waals surface area contributed by atoms with Gasteiger partial charge in [0.1, 0.15) is 17.8 Å². The molecule has 3 aromatic rings. The predicted octanol–water partition coefficient (Wildman–Crippen LogP) is 1.27. The van der Waals surface area contributed by atoms with Crippen LogP contribution in [-0.2, 0) is 4.79 Å². The van der Waals surface area contributed by atoms with Crippen LogP contribution in [0.15, 0.2) is 30.7 Å². The molecule has 0 saturated carbocycles. The van der Waals surface area contributed by atoms with E-state index in [1.165, 1.54) is 0 Å². The van der Waals surface area contributed by atoms with Crippen molar-refractivity contribution in [2.24, 2.45) is 11.7 Å². The molecule has 3 aromatic heterocycles. The van der Waals surface area contributed by atoms with Gasteiger partial charge in [0.05, 0.1) is 11.6 Å². The number of amides is 2. The van der Waals surface area contributed by atoms with Crippen molar-refractivity contribution < 1.29 is 14.3 Å². The Hall–Kier alpha value is -3.16. The number of rotatable bonds is 5. The average molecular weight is 353 g/mol. The molecule has 8 nitrogen and oxygen atoms in total. The Bertz CT molecular complexity index is 1010. The molecule has 134 valence electrons. The van der Waals surface area contributed by atoms with Crippen molar-refractivity contribution in [3.05, 3.63) is 36.3 Å². The van der Waals surface area contributed by atoms with Gasteiger partial charge in [0, 0.05) is 30.4 Å². The van der Waals surface area contributed by atoms with Crippen LogP contribution in [0, 0.1) is 5.92 Å². The molecule has 0 aliphatic carbocycles. The lowest BCUT2D eigenvalue weighted by molar-refractivity contribution is -0.119. The van der Waals surface area contributed by atoms with Crippen LogP contribution >= 0.6 is 0 Å². The molecular weight excluding hydrogens is 334 g/mol. The molecule has 0 radical (unpaired) electrons. The van der Waals surface area contributed by atoms with Gasteiger partial charge in [0.2, 0.25) is 11.8 Å². The maximum atomic E-state index is 11.7. The minimum absolute atomic E-state index is 0.0345. The topological polar surface area (TPSA) is 112 Å². The zero-order valence-electron chi connectivity index (χ0n) is 14.3. The van der Waals surface area contributed by atoms with Gasteiger partial charge < -0.3 is 15.8 Å². The van der Waals surface area contributed by atoms with Gasteiger partial charge in [-0.15, -0.1) is 0 Å². The molecule has 1 fully saturated rings. The maximum Gasteiger partial charge on any atom is 0.252 e. The Labute approximate surface area is 149 Å². The molecule has 4 heterocycles. The summed E-state index contributed by atoms with van der Waals surface area (Å²) in [5.41, 5.74) is 6.99. The number of ether oxygens (including phenoxy) is 1. The van der Waals surface area contributed by atoms with Crippen molar-refractivity contribution >= 4 is 28.4 Å². The van der Waals surface area contributed by atoms with Crippen LogP contribution in [0.25, 0.3) is 16.6 Å². The number of aromatic nitrogens is 3. The van der Waals surface area contributed by atoms with Crippen molar-refractivity contribution in [2.75, 3.05) is 6.61 Å². The largest absolute Gasteiger partial charge is 0.474 e. The van der Waals surface area contributed by atoms with Crippen LogP contribution in [-0.4, -0.2) is 38.8 Å². The standard InChI is InChI=1S/C18H19N5O3/c1-2-10-8-14(24)22-13(10)9-26-18-15-11(3-4-21-18)7-12(16(19)25)17-20-5-6-23(15)17/h3-7,10,13H,2,8-9H2,1H3,(H2,19,25)(H,22,24)/t10-,13?/m1/s1. The van der Waals surface area contributed by atoms with E-state index >= 15 is 0 Å². The first kappa shape index (κ1) is 16.3. The summed E-state index contributed by atoms with van der Waals surface area (Å²) in [6.07, 6.45) is 6.40. The van der Waals surface area contributed by atoms with Crippen molar-refractivity contribution in [1.82, 2.24) is 19.7 Å². The Morgan fingerprint density at radius 3 is 3.04 bits per heavy atom. The van der Waals surface area contributed by atoms with Gasteiger partial charge in [-0.1, -0.05) is 13.3 Å². The highest BCUT2D eigenvalue weighted by Crippen LogP contribution is 2.28. The van der Waals surface area contributed by atoms with Crippen molar-refractivity contribution in [3.63, 3.8) is 0 Å². The first-order valence-electron chi connectivity index (χ1n) is 8.55. The highest BCUT2D eigenvalue weighted by Gasteiger charge is 2.31. The summed E-state index contributed by atoms with van der Waals surface area (Å²) in [6.45, 7) is 2.40. The van der Waals surface area contributed by atoms with Gasteiger partial charge in [-0.3, -0.25) is 14.0 Å². The van der Waals surface area contributed by atoms with Crippen molar-refractivity contribution in [2.45, 2.75) is 25.8 Å². The Morgan fingerprint density at radius 1 is 1.42 bits per heavy atom. The minimum atomic E-state index is -0.540. The minimum Gasteiger partial charge on any atom is -0.474 e. The molecule has 26 heavy (non-hydrogen) atoms. The molecule has 0 aromatic carbocycles. The summed E-state index contributed by atoms with van der Waals surface area (Å²) in [4.78, 5) is 31.9. The van der Waals surface area contributed by atoms with Crippen molar-refractivity contribution in [1.29, 1.82) is 0 Å². The third-order valence-corrected chi connectivity index (χ3v) is 4.90. The lowest BCUT2D eigenvalue weighted by Gasteiger charge is -2.18. The number of primary amides is 1. The number of hydrogen-bond donors (Lipinski definition) is 2. The van der Waals surface area contributed by atoms with E-state index in [1.807, 2.05) is 0 Å². The van der Waals surface area contributed by atoms with Crippen LogP contribution in [0.2, 0.25) is 0 Å². The number of carbonyl (C=O) groups excluding carboxylic acids is 2. The smallest absolute Gasteiger partial charge is 0.252 e. The number of imidazole rings is 1. The number of hydrogen-bond acceptors (Lipinski definition) is 5. The molecule has 1 aliphatic heterocycles. The van der Waals surface area contributed by atoms with Crippen LogP contribution < -0.4 is 15.8 Å². The number of pyridine rings is 2. The third-order valence-electron chi connectivity index (χ3n) is 4.90. The molecule has 2 amide bonds. The molecule has 1 aliphatic rings. The summed E-state index contributed by atoms with van der Waals surface area (Å²) >= 11 is 0. The molecule has 4 rings (SSSR count). The fraction of sp³-hybridized carbons (Fsp3) is 0.333. The monoisotopic (exact) mass is 353 g/mol. The van der Waals surface area contributed by atoms with E-state index in [2.05, 4.69) is 22.2 Å². The Balaban J connectivity index is 1.73. The van der Waals surface area contributed by atoms with Gasteiger partial charge in [-0.2, -0.15) is 0 Å². The van der Waals surface area contributed by atoms with Gasteiger partial charge in [-0.05, 0) is 18.1 Å². The van der Waals surface area contributed by atoms with Crippen LogP contribution in [0.5, 0.6) is 5.88 Å². The predicted molar refractivity (Wildman–Crippen MR) is 94.8 cm³/mol. The van der Waals surface area contributed by atoms with E-state index in [0.717, 1.165) is 11.8 Å². The number of fused-ring (bicyclic) bond motifs is 3. The van der Waals surface area contributed by atoms with E-state index in [-0.39, 0.29) is 17.9 Å². The van der Waals surface area contributed by atoms with Crippen LogP contribution in [0.1, 0.15) is 30.1 Å². The second kappa shape index (κ2) is 6.29. The van der Waals surface area contributed by atoms with Gasteiger partial charge >= 0.3 is 0 Å². The number of nitrogens with one attached hydrogen (secondary N) is 1. The lowest BCUT2D eigenvalue weighted by Crippen LogP contribution is -2.34. The second-order valence-electron chi connectivity index (χ2n) is 6.45. The summed E-state index contributed by atoms with van der Waals surface area (Å²) in [5.74, 6) is 0.200. The van der Waals surface area contributed by atoms with Crippen LogP contribution in [0.4, 0.5) is 0 Å².